The molecule has 0 radical (unpaired) electrons. The molecule has 0 unspecified atom stereocenters. The maximum absolute atomic E-state index is 12.4. The van der Waals surface area contributed by atoms with Crippen molar-refractivity contribution in [2.24, 2.45) is 0 Å². The molecule has 2 aromatic carbocycles. The van der Waals surface area contributed by atoms with Gasteiger partial charge >= 0.3 is 0 Å². The SMILES string of the molecule is CCOc1ccccc1NC(=O)CCSc1nc(-c2ccc(OC)cc2)ccc1C#N. The minimum absolute atomic E-state index is 0.121. The topological polar surface area (TPSA) is 84.2 Å². The molecule has 7 heteroatoms. The van der Waals surface area contributed by atoms with Gasteiger partial charge in [0.25, 0.3) is 0 Å². The Morgan fingerprint density at radius 1 is 1.13 bits per heavy atom. The van der Waals surface area contributed by atoms with Gasteiger partial charge in [0, 0.05) is 17.7 Å². The van der Waals surface area contributed by atoms with E-state index in [-0.39, 0.29) is 12.3 Å². The molecular formula is C24H23N3O3S. The Bertz CT molecular complexity index is 1080. The second-order valence-corrected chi connectivity index (χ2v) is 7.55. The maximum atomic E-state index is 12.4. The number of para-hydroxylation sites is 2. The second-order valence-electron chi connectivity index (χ2n) is 6.47. The molecule has 6 nitrogen and oxygen atoms in total. The van der Waals surface area contributed by atoms with Crippen molar-refractivity contribution in [3.8, 4) is 28.8 Å². The molecule has 31 heavy (non-hydrogen) atoms. The van der Waals surface area contributed by atoms with Gasteiger partial charge in [-0.1, -0.05) is 12.1 Å². The zero-order valence-corrected chi connectivity index (χ0v) is 18.2. The third kappa shape index (κ3) is 6.00. The third-order valence-electron chi connectivity index (χ3n) is 4.40. The summed E-state index contributed by atoms with van der Waals surface area (Å²) in [5.41, 5.74) is 2.83. The number of nitrogens with zero attached hydrogens (tertiary/aromatic N) is 2. The largest absolute Gasteiger partial charge is 0.497 e. The number of benzene rings is 2. The summed E-state index contributed by atoms with van der Waals surface area (Å²) in [5, 5.41) is 12.9. The van der Waals surface area contributed by atoms with Crippen LogP contribution in [0.25, 0.3) is 11.3 Å². The molecule has 1 heterocycles. The predicted molar refractivity (Wildman–Crippen MR) is 123 cm³/mol. The Hall–Kier alpha value is -3.50. The first kappa shape index (κ1) is 22.2. The van der Waals surface area contributed by atoms with Crippen molar-refractivity contribution in [3.63, 3.8) is 0 Å². The summed E-state index contributed by atoms with van der Waals surface area (Å²) in [6.45, 7) is 2.42. The number of carbonyl (C=O) groups is 1. The summed E-state index contributed by atoms with van der Waals surface area (Å²) >= 11 is 1.39. The fraction of sp³-hybridized carbons (Fsp3) is 0.208. The third-order valence-corrected chi connectivity index (χ3v) is 5.39. The number of nitriles is 1. The number of amides is 1. The summed E-state index contributed by atoms with van der Waals surface area (Å²) in [6, 6.07) is 20.7. The van der Waals surface area contributed by atoms with Gasteiger partial charge in [-0.3, -0.25) is 4.79 Å². The number of pyridine rings is 1. The average Bonchev–Trinajstić information content (AvgIpc) is 2.80. The molecule has 0 atom stereocenters. The quantitative estimate of drug-likeness (QED) is 0.470. The molecule has 1 aromatic heterocycles. The van der Waals surface area contributed by atoms with Crippen LogP contribution in [0.5, 0.6) is 11.5 Å². The van der Waals surface area contributed by atoms with Crippen LogP contribution in [0.2, 0.25) is 0 Å². The van der Waals surface area contributed by atoms with Gasteiger partial charge in [0.05, 0.1) is 30.7 Å². The first-order valence-corrected chi connectivity index (χ1v) is 10.8. The predicted octanol–water partition coefficient (Wildman–Crippen LogP) is 5.15. The van der Waals surface area contributed by atoms with Crippen molar-refractivity contribution in [2.45, 2.75) is 18.4 Å². The highest BCUT2D eigenvalue weighted by Crippen LogP contribution is 2.28. The van der Waals surface area contributed by atoms with Gasteiger partial charge in [0.1, 0.15) is 22.6 Å². The standard InChI is InChI=1S/C24H23N3O3S/c1-3-30-22-7-5-4-6-21(22)26-23(28)14-15-31-24-18(16-25)10-13-20(27-24)17-8-11-19(29-2)12-9-17/h4-13H,3,14-15H2,1-2H3,(H,26,28). The van der Waals surface area contributed by atoms with Crippen LogP contribution in [0.15, 0.2) is 65.7 Å². The highest BCUT2D eigenvalue weighted by atomic mass is 32.2. The van der Waals surface area contributed by atoms with E-state index in [9.17, 15) is 10.1 Å². The van der Waals surface area contributed by atoms with Crippen molar-refractivity contribution in [3.05, 3.63) is 66.2 Å². The van der Waals surface area contributed by atoms with Crippen LogP contribution in [-0.4, -0.2) is 30.4 Å². The highest BCUT2D eigenvalue weighted by molar-refractivity contribution is 7.99. The van der Waals surface area contributed by atoms with Gasteiger partial charge in [-0.2, -0.15) is 5.26 Å². The minimum Gasteiger partial charge on any atom is -0.497 e. The van der Waals surface area contributed by atoms with Gasteiger partial charge in [-0.25, -0.2) is 4.98 Å². The number of methoxy groups -OCH3 is 1. The molecule has 0 saturated heterocycles. The number of hydrogen-bond acceptors (Lipinski definition) is 6. The summed E-state index contributed by atoms with van der Waals surface area (Å²) in [5.74, 6) is 1.79. The van der Waals surface area contributed by atoms with E-state index in [2.05, 4.69) is 16.4 Å². The molecule has 1 amide bonds. The van der Waals surface area contributed by atoms with E-state index in [4.69, 9.17) is 9.47 Å². The molecular weight excluding hydrogens is 410 g/mol. The lowest BCUT2D eigenvalue weighted by atomic mass is 10.1. The van der Waals surface area contributed by atoms with E-state index < -0.39 is 0 Å². The Balaban J connectivity index is 1.64. The van der Waals surface area contributed by atoms with Crippen LogP contribution >= 0.6 is 11.8 Å². The van der Waals surface area contributed by atoms with Crippen LogP contribution in [0, 0.1) is 11.3 Å². The van der Waals surface area contributed by atoms with Gasteiger partial charge in [-0.15, -0.1) is 11.8 Å². The maximum Gasteiger partial charge on any atom is 0.225 e. The number of nitrogens with one attached hydrogen (secondary N) is 1. The lowest BCUT2D eigenvalue weighted by Crippen LogP contribution is -2.13. The van der Waals surface area contributed by atoms with E-state index >= 15 is 0 Å². The number of hydrogen-bond donors (Lipinski definition) is 1. The monoisotopic (exact) mass is 433 g/mol. The second kappa shape index (κ2) is 11.0. The molecule has 0 bridgehead atoms. The Morgan fingerprint density at radius 2 is 1.90 bits per heavy atom. The van der Waals surface area contributed by atoms with Crippen LogP contribution in [-0.2, 0) is 4.79 Å². The van der Waals surface area contributed by atoms with Gasteiger partial charge in [0.2, 0.25) is 5.91 Å². The number of anilines is 1. The molecule has 3 rings (SSSR count). The summed E-state index contributed by atoms with van der Waals surface area (Å²) in [4.78, 5) is 17.0. The first-order valence-electron chi connectivity index (χ1n) is 9.84. The van der Waals surface area contributed by atoms with Gasteiger partial charge in [0.15, 0.2) is 0 Å². The fourth-order valence-electron chi connectivity index (χ4n) is 2.86. The van der Waals surface area contributed by atoms with E-state index in [1.54, 1.807) is 13.2 Å². The van der Waals surface area contributed by atoms with Gasteiger partial charge < -0.3 is 14.8 Å². The van der Waals surface area contributed by atoms with E-state index in [1.165, 1.54) is 11.8 Å². The molecule has 3 aromatic rings. The van der Waals surface area contributed by atoms with E-state index in [0.29, 0.717) is 34.4 Å². The highest BCUT2D eigenvalue weighted by Gasteiger charge is 2.11. The van der Waals surface area contributed by atoms with Crippen LogP contribution in [0.4, 0.5) is 5.69 Å². The summed E-state index contributed by atoms with van der Waals surface area (Å²) in [7, 11) is 1.62. The van der Waals surface area contributed by atoms with Crippen LogP contribution in [0.1, 0.15) is 18.9 Å². The lowest BCUT2D eigenvalue weighted by Gasteiger charge is -2.11. The summed E-state index contributed by atoms with van der Waals surface area (Å²) in [6.07, 6.45) is 0.282. The lowest BCUT2D eigenvalue weighted by molar-refractivity contribution is -0.115. The Labute approximate surface area is 186 Å². The molecule has 158 valence electrons. The van der Waals surface area contributed by atoms with Crippen LogP contribution in [0.3, 0.4) is 0 Å². The molecule has 0 saturated carbocycles. The zero-order chi connectivity index (χ0) is 22.1. The zero-order valence-electron chi connectivity index (χ0n) is 17.4. The smallest absolute Gasteiger partial charge is 0.225 e. The molecule has 1 N–H and O–H groups in total. The number of ether oxygens (including phenoxy) is 2. The van der Waals surface area contributed by atoms with Crippen LogP contribution < -0.4 is 14.8 Å². The van der Waals surface area contributed by atoms with E-state index in [1.807, 2.05) is 61.5 Å². The van der Waals surface area contributed by atoms with Crippen molar-refractivity contribution in [1.82, 2.24) is 4.98 Å². The first-order chi connectivity index (χ1) is 15.1. The number of carbonyl (C=O) groups excluding carboxylic acids is 1. The van der Waals surface area contributed by atoms with Crippen molar-refractivity contribution in [2.75, 3.05) is 24.8 Å². The molecule has 0 fully saturated rings. The molecule has 0 aliphatic carbocycles. The van der Waals surface area contributed by atoms with Crippen molar-refractivity contribution in [1.29, 1.82) is 5.26 Å². The number of rotatable bonds is 9. The Morgan fingerprint density at radius 3 is 2.61 bits per heavy atom. The number of thioether (sulfide) groups is 1. The Kier molecular flexibility index (Phi) is 7.91. The minimum atomic E-state index is -0.121. The molecule has 0 aliphatic rings. The van der Waals surface area contributed by atoms with E-state index in [0.717, 1.165) is 17.0 Å². The number of aromatic nitrogens is 1. The van der Waals surface area contributed by atoms with Crippen molar-refractivity contribution < 1.29 is 14.3 Å². The van der Waals surface area contributed by atoms with Gasteiger partial charge in [-0.05, 0) is 55.5 Å². The summed E-state index contributed by atoms with van der Waals surface area (Å²) < 4.78 is 10.7. The normalized spacial score (nSPS) is 10.2. The fourth-order valence-corrected chi connectivity index (χ4v) is 3.78. The average molecular weight is 434 g/mol. The molecule has 0 aliphatic heterocycles. The van der Waals surface area contributed by atoms with Crippen molar-refractivity contribution >= 4 is 23.4 Å². The molecule has 0 spiro atoms.